The second kappa shape index (κ2) is 6.55. The van der Waals surface area contributed by atoms with Gasteiger partial charge >= 0.3 is 0 Å². The van der Waals surface area contributed by atoms with Crippen LogP contribution >= 0.6 is 0 Å². The normalized spacial score (nSPS) is 16.8. The molecule has 0 spiro atoms. The van der Waals surface area contributed by atoms with Gasteiger partial charge in [-0.25, -0.2) is 0 Å². The van der Waals surface area contributed by atoms with Crippen LogP contribution in [0, 0.1) is 0 Å². The van der Waals surface area contributed by atoms with Crippen LogP contribution in [0.25, 0.3) is 0 Å². The average molecular weight is 247 g/mol. The molecule has 3 heteroatoms. The van der Waals surface area contributed by atoms with E-state index >= 15 is 0 Å². The molecule has 0 unspecified atom stereocenters. The summed E-state index contributed by atoms with van der Waals surface area (Å²) >= 11 is 0. The van der Waals surface area contributed by atoms with E-state index in [0.29, 0.717) is 5.78 Å². The van der Waals surface area contributed by atoms with Crippen molar-refractivity contribution in [1.29, 1.82) is 0 Å². The molecular weight excluding hydrogens is 226 g/mol. The predicted octanol–water partition coefficient (Wildman–Crippen LogP) is 2.29. The summed E-state index contributed by atoms with van der Waals surface area (Å²) in [4.78, 5) is 13.5. The van der Waals surface area contributed by atoms with Crippen LogP contribution < -0.4 is 4.74 Å². The van der Waals surface area contributed by atoms with Crippen LogP contribution in [0.3, 0.4) is 0 Å². The van der Waals surface area contributed by atoms with Crippen LogP contribution in [0.15, 0.2) is 24.3 Å². The van der Waals surface area contributed by atoms with E-state index in [1.54, 1.807) is 7.11 Å². The van der Waals surface area contributed by atoms with E-state index in [9.17, 15) is 4.79 Å². The van der Waals surface area contributed by atoms with Crippen molar-refractivity contribution in [2.24, 2.45) is 0 Å². The largest absolute Gasteiger partial charge is 0.497 e. The number of piperidine rings is 1. The maximum atomic E-state index is 11.1. The van der Waals surface area contributed by atoms with Gasteiger partial charge in [0.15, 0.2) is 0 Å². The molecule has 3 nitrogen and oxygen atoms in total. The predicted molar refractivity (Wildman–Crippen MR) is 72.0 cm³/mol. The van der Waals surface area contributed by atoms with Crippen molar-refractivity contribution in [1.82, 2.24) is 4.90 Å². The van der Waals surface area contributed by atoms with Gasteiger partial charge in [-0.3, -0.25) is 4.79 Å². The molecule has 98 valence electrons. The Hall–Kier alpha value is -1.35. The number of nitrogens with zero attached hydrogens (tertiary/aromatic N) is 1. The highest BCUT2D eigenvalue weighted by Crippen LogP contribution is 2.13. The number of ether oxygens (including phenoxy) is 1. The maximum Gasteiger partial charge on any atom is 0.135 e. The highest BCUT2D eigenvalue weighted by molar-refractivity contribution is 5.79. The zero-order valence-electron chi connectivity index (χ0n) is 11.0. The Bertz CT molecular complexity index is 376. The standard InChI is InChI=1S/C15H21NO2/c1-18-15-6-4-13(5-7-15)3-2-10-16-11-8-14(17)9-12-16/h4-7H,2-3,8-12H2,1H3. The van der Waals surface area contributed by atoms with Gasteiger partial charge in [-0.2, -0.15) is 0 Å². The minimum atomic E-state index is 0.418. The first-order chi connectivity index (χ1) is 8.78. The molecule has 0 aromatic heterocycles. The molecule has 1 aliphatic heterocycles. The SMILES string of the molecule is COc1ccc(CCCN2CCC(=O)CC2)cc1. The van der Waals surface area contributed by atoms with Crippen molar-refractivity contribution >= 4 is 5.78 Å². The van der Waals surface area contributed by atoms with Crippen molar-refractivity contribution in [2.45, 2.75) is 25.7 Å². The summed E-state index contributed by atoms with van der Waals surface area (Å²) in [7, 11) is 1.69. The number of methoxy groups -OCH3 is 1. The minimum Gasteiger partial charge on any atom is -0.497 e. The number of hydrogen-bond donors (Lipinski definition) is 0. The molecule has 1 aromatic carbocycles. The van der Waals surface area contributed by atoms with E-state index in [4.69, 9.17) is 4.74 Å². The van der Waals surface area contributed by atoms with Crippen molar-refractivity contribution in [3.63, 3.8) is 0 Å². The van der Waals surface area contributed by atoms with Crippen LogP contribution in [-0.4, -0.2) is 37.4 Å². The number of carbonyl (C=O) groups is 1. The quantitative estimate of drug-likeness (QED) is 0.799. The Kier molecular flexibility index (Phi) is 4.76. The monoisotopic (exact) mass is 247 g/mol. The lowest BCUT2D eigenvalue weighted by molar-refractivity contribution is -0.121. The van der Waals surface area contributed by atoms with Crippen LogP contribution in [0.5, 0.6) is 5.75 Å². The Labute approximate surface area is 109 Å². The molecule has 0 radical (unpaired) electrons. The van der Waals surface area contributed by atoms with E-state index in [0.717, 1.165) is 51.1 Å². The summed E-state index contributed by atoms with van der Waals surface area (Å²) in [6, 6.07) is 8.26. The summed E-state index contributed by atoms with van der Waals surface area (Å²) in [5, 5.41) is 0. The van der Waals surface area contributed by atoms with Gasteiger partial charge < -0.3 is 9.64 Å². The first-order valence-electron chi connectivity index (χ1n) is 6.65. The third kappa shape index (κ3) is 3.84. The average Bonchev–Trinajstić information content (AvgIpc) is 2.42. The van der Waals surface area contributed by atoms with Crippen molar-refractivity contribution < 1.29 is 9.53 Å². The lowest BCUT2D eigenvalue weighted by Crippen LogP contribution is -2.34. The van der Waals surface area contributed by atoms with Crippen molar-refractivity contribution in [3.05, 3.63) is 29.8 Å². The number of ketones is 1. The number of likely N-dealkylation sites (tertiary alicyclic amines) is 1. The van der Waals surface area contributed by atoms with Crippen molar-refractivity contribution in [3.8, 4) is 5.75 Å². The number of carbonyl (C=O) groups excluding carboxylic acids is 1. The van der Waals surface area contributed by atoms with E-state index in [2.05, 4.69) is 17.0 Å². The molecule has 1 saturated heterocycles. The number of rotatable bonds is 5. The Balaban J connectivity index is 1.69. The zero-order chi connectivity index (χ0) is 12.8. The maximum absolute atomic E-state index is 11.1. The zero-order valence-corrected chi connectivity index (χ0v) is 11.0. The van der Waals surface area contributed by atoms with Crippen molar-refractivity contribution in [2.75, 3.05) is 26.7 Å². The van der Waals surface area contributed by atoms with E-state index in [-0.39, 0.29) is 0 Å². The molecule has 0 bridgehead atoms. The number of hydrogen-bond acceptors (Lipinski definition) is 3. The fraction of sp³-hybridized carbons (Fsp3) is 0.533. The highest BCUT2D eigenvalue weighted by atomic mass is 16.5. The minimum absolute atomic E-state index is 0.418. The van der Waals surface area contributed by atoms with E-state index in [1.807, 2.05) is 12.1 Å². The first kappa shape index (κ1) is 13.1. The van der Waals surface area contributed by atoms with Gasteiger partial charge in [-0.15, -0.1) is 0 Å². The Morgan fingerprint density at radius 3 is 2.44 bits per heavy atom. The summed E-state index contributed by atoms with van der Waals surface area (Å²) in [5.41, 5.74) is 1.35. The fourth-order valence-electron chi connectivity index (χ4n) is 2.33. The van der Waals surface area contributed by atoms with Gasteiger partial charge in [0.05, 0.1) is 7.11 Å². The number of aryl methyl sites for hydroxylation is 1. The lowest BCUT2D eigenvalue weighted by atomic mass is 10.1. The molecule has 0 aliphatic carbocycles. The Morgan fingerprint density at radius 1 is 1.17 bits per heavy atom. The van der Waals surface area contributed by atoms with Gasteiger partial charge in [0.1, 0.15) is 11.5 Å². The number of Topliss-reactive ketones (excluding diaryl/α,β-unsaturated/α-hetero) is 1. The summed E-state index contributed by atoms with van der Waals surface area (Å²) in [5.74, 6) is 1.33. The van der Waals surface area contributed by atoms with Gasteiger partial charge in [-0.1, -0.05) is 12.1 Å². The second-order valence-corrected chi connectivity index (χ2v) is 4.83. The summed E-state index contributed by atoms with van der Waals surface area (Å²) < 4.78 is 5.14. The molecule has 1 aliphatic rings. The number of benzene rings is 1. The van der Waals surface area contributed by atoms with E-state index in [1.165, 1.54) is 5.56 Å². The molecule has 0 atom stereocenters. The van der Waals surface area contributed by atoms with Crippen LogP contribution in [0.2, 0.25) is 0 Å². The molecule has 18 heavy (non-hydrogen) atoms. The second-order valence-electron chi connectivity index (χ2n) is 4.83. The Morgan fingerprint density at radius 2 is 1.83 bits per heavy atom. The van der Waals surface area contributed by atoms with Crippen LogP contribution in [-0.2, 0) is 11.2 Å². The lowest BCUT2D eigenvalue weighted by Gasteiger charge is -2.25. The molecule has 1 heterocycles. The van der Waals surface area contributed by atoms with Gasteiger partial charge in [0, 0.05) is 25.9 Å². The summed E-state index contributed by atoms with van der Waals surface area (Å²) in [6.45, 7) is 2.99. The molecule has 1 aromatic rings. The van der Waals surface area contributed by atoms with Gasteiger partial charge in [-0.05, 0) is 37.1 Å². The van der Waals surface area contributed by atoms with Gasteiger partial charge in [0.2, 0.25) is 0 Å². The summed E-state index contributed by atoms with van der Waals surface area (Å²) in [6.07, 6.45) is 3.72. The molecule has 0 amide bonds. The fourth-order valence-corrected chi connectivity index (χ4v) is 2.33. The first-order valence-corrected chi connectivity index (χ1v) is 6.65. The molecule has 0 N–H and O–H groups in total. The van der Waals surface area contributed by atoms with Crippen LogP contribution in [0.1, 0.15) is 24.8 Å². The molecule has 2 rings (SSSR count). The molecular formula is C15H21NO2. The smallest absolute Gasteiger partial charge is 0.135 e. The van der Waals surface area contributed by atoms with Crippen LogP contribution in [0.4, 0.5) is 0 Å². The third-order valence-corrected chi connectivity index (χ3v) is 3.51. The van der Waals surface area contributed by atoms with Gasteiger partial charge in [0.25, 0.3) is 0 Å². The van der Waals surface area contributed by atoms with E-state index < -0.39 is 0 Å². The molecule has 0 saturated carbocycles. The third-order valence-electron chi connectivity index (χ3n) is 3.51. The molecule has 1 fully saturated rings. The topological polar surface area (TPSA) is 29.5 Å². The highest BCUT2D eigenvalue weighted by Gasteiger charge is 2.15.